The van der Waals surface area contributed by atoms with Gasteiger partial charge in [-0.1, -0.05) is 140 Å². The Balaban J connectivity index is 3.95. The third-order valence-electron chi connectivity index (χ3n) is 8.25. The molecule has 4 heteroatoms. The molecule has 0 fully saturated rings. The quantitative estimate of drug-likeness (QED) is 0.0431. The van der Waals surface area contributed by atoms with Crippen molar-refractivity contribution in [3.05, 3.63) is 48.6 Å². The van der Waals surface area contributed by atoms with Gasteiger partial charge in [0.25, 0.3) is 0 Å². The van der Waals surface area contributed by atoms with Gasteiger partial charge in [-0.2, -0.15) is 0 Å². The van der Waals surface area contributed by atoms with Crippen LogP contribution in [0.5, 0.6) is 0 Å². The molecule has 0 heterocycles. The molecule has 0 atom stereocenters. The minimum absolute atomic E-state index is 0.0784. The standard InChI is InChI=1S/C41H76N2O2/c1-4-6-8-10-12-14-16-18-20-22-24-26-28-30-32-34-39-43(45-41(44)37-36-38-42-3)40-35-33-31-29-27-25-23-21-19-17-15-13-11-9-7-5-2/h12-15,18-21,42H,4-11,16-17,22-40H2,1-3H3/b14-12-,15-13-,20-18-,21-19-. The summed E-state index contributed by atoms with van der Waals surface area (Å²) in [6.45, 7) is 7.11. The number of unbranched alkanes of at least 4 members (excludes halogenated alkanes) is 18. The van der Waals surface area contributed by atoms with E-state index in [-0.39, 0.29) is 5.97 Å². The van der Waals surface area contributed by atoms with Gasteiger partial charge in [0.1, 0.15) is 0 Å². The van der Waals surface area contributed by atoms with Crippen molar-refractivity contribution in [1.82, 2.24) is 10.4 Å². The third kappa shape index (κ3) is 36.7. The highest BCUT2D eigenvalue weighted by atomic mass is 16.7. The van der Waals surface area contributed by atoms with Gasteiger partial charge in [0.05, 0.1) is 0 Å². The van der Waals surface area contributed by atoms with Crippen LogP contribution in [-0.2, 0) is 9.63 Å². The van der Waals surface area contributed by atoms with Crippen LogP contribution in [0.1, 0.15) is 181 Å². The van der Waals surface area contributed by atoms with E-state index in [9.17, 15) is 4.79 Å². The number of hydrogen-bond acceptors (Lipinski definition) is 4. The van der Waals surface area contributed by atoms with E-state index in [0.29, 0.717) is 6.42 Å². The topological polar surface area (TPSA) is 41.6 Å². The first-order valence-electron chi connectivity index (χ1n) is 19.4. The van der Waals surface area contributed by atoms with Gasteiger partial charge in [0, 0.05) is 19.5 Å². The summed E-state index contributed by atoms with van der Waals surface area (Å²) in [5.41, 5.74) is 0. The summed E-state index contributed by atoms with van der Waals surface area (Å²) in [5, 5.41) is 5.08. The maximum Gasteiger partial charge on any atom is 0.325 e. The Morgan fingerprint density at radius 3 is 1.29 bits per heavy atom. The lowest BCUT2D eigenvalue weighted by atomic mass is 10.1. The molecule has 0 aliphatic rings. The zero-order valence-corrected chi connectivity index (χ0v) is 30.4. The normalized spacial score (nSPS) is 12.3. The molecule has 0 aromatic carbocycles. The van der Waals surface area contributed by atoms with E-state index < -0.39 is 0 Å². The van der Waals surface area contributed by atoms with Gasteiger partial charge >= 0.3 is 5.97 Å². The second kappa shape index (κ2) is 38.5. The van der Waals surface area contributed by atoms with Crippen LogP contribution in [0.25, 0.3) is 0 Å². The van der Waals surface area contributed by atoms with Crippen molar-refractivity contribution in [1.29, 1.82) is 0 Å². The summed E-state index contributed by atoms with van der Waals surface area (Å²) >= 11 is 0. The fraction of sp³-hybridized carbons (Fsp3) is 0.780. The number of nitrogens with zero attached hydrogens (tertiary/aromatic N) is 1. The molecule has 0 aliphatic heterocycles. The smallest absolute Gasteiger partial charge is 0.325 e. The number of nitrogens with one attached hydrogen (secondary N) is 1. The summed E-state index contributed by atoms with van der Waals surface area (Å²) in [6.07, 6.45) is 50.0. The molecule has 0 saturated heterocycles. The molecule has 0 spiro atoms. The van der Waals surface area contributed by atoms with Gasteiger partial charge in [0.2, 0.25) is 0 Å². The van der Waals surface area contributed by atoms with E-state index >= 15 is 0 Å². The van der Waals surface area contributed by atoms with Crippen molar-refractivity contribution in [3.8, 4) is 0 Å². The second-order valence-electron chi connectivity index (χ2n) is 12.8. The first kappa shape index (κ1) is 43.4. The fourth-order valence-corrected chi connectivity index (χ4v) is 5.35. The number of carbonyl (C=O) groups is 1. The zero-order chi connectivity index (χ0) is 32.7. The van der Waals surface area contributed by atoms with Crippen LogP contribution in [0.4, 0.5) is 0 Å². The highest BCUT2D eigenvalue weighted by Gasteiger charge is 2.11. The van der Waals surface area contributed by atoms with Gasteiger partial charge in [-0.3, -0.25) is 4.79 Å². The Morgan fingerprint density at radius 1 is 0.511 bits per heavy atom. The summed E-state index contributed by atoms with van der Waals surface area (Å²) in [4.78, 5) is 18.1. The lowest BCUT2D eigenvalue weighted by molar-refractivity contribution is -0.191. The van der Waals surface area contributed by atoms with E-state index in [2.05, 4.69) is 67.8 Å². The Labute approximate surface area is 281 Å². The maximum absolute atomic E-state index is 12.4. The van der Waals surface area contributed by atoms with E-state index in [0.717, 1.165) is 51.7 Å². The van der Waals surface area contributed by atoms with Crippen molar-refractivity contribution in [2.75, 3.05) is 26.7 Å². The molecule has 0 radical (unpaired) electrons. The number of carbonyl (C=O) groups excluding carboxylic acids is 1. The van der Waals surface area contributed by atoms with Crippen LogP contribution in [0.3, 0.4) is 0 Å². The van der Waals surface area contributed by atoms with Crippen molar-refractivity contribution in [3.63, 3.8) is 0 Å². The predicted molar refractivity (Wildman–Crippen MR) is 200 cm³/mol. The molecule has 0 saturated carbocycles. The molecular weight excluding hydrogens is 552 g/mol. The van der Waals surface area contributed by atoms with Crippen molar-refractivity contribution in [2.24, 2.45) is 0 Å². The average molecular weight is 629 g/mol. The second-order valence-corrected chi connectivity index (χ2v) is 12.8. The van der Waals surface area contributed by atoms with Crippen LogP contribution < -0.4 is 5.32 Å². The molecule has 0 aromatic rings. The van der Waals surface area contributed by atoms with Gasteiger partial charge < -0.3 is 10.2 Å². The molecule has 1 N–H and O–H groups in total. The van der Waals surface area contributed by atoms with Crippen molar-refractivity contribution in [2.45, 2.75) is 181 Å². The lowest BCUT2D eigenvalue weighted by Gasteiger charge is -2.21. The van der Waals surface area contributed by atoms with E-state index in [4.69, 9.17) is 4.84 Å². The Morgan fingerprint density at radius 2 is 0.889 bits per heavy atom. The van der Waals surface area contributed by atoms with Crippen molar-refractivity contribution >= 4 is 5.97 Å². The molecule has 262 valence electrons. The zero-order valence-electron chi connectivity index (χ0n) is 30.4. The maximum atomic E-state index is 12.4. The summed E-state index contributed by atoms with van der Waals surface area (Å²) < 4.78 is 0. The van der Waals surface area contributed by atoms with Crippen molar-refractivity contribution < 1.29 is 9.63 Å². The lowest BCUT2D eigenvalue weighted by Crippen LogP contribution is -2.30. The molecule has 4 nitrogen and oxygen atoms in total. The monoisotopic (exact) mass is 629 g/mol. The van der Waals surface area contributed by atoms with Gasteiger partial charge in [-0.15, -0.1) is 5.06 Å². The molecule has 0 unspecified atom stereocenters. The predicted octanol–water partition coefficient (Wildman–Crippen LogP) is 12.4. The minimum Gasteiger partial charge on any atom is -0.368 e. The van der Waals surface area contributed by atoms with Crippen LogP contribution in [-0.4, -0.2) is 37.7 Å². The Bertz CT molecular complexity index is 664. The van der Waals surface area contributed by atoms with E-state index in [1.54, 1.807) is 0 Å². The summed E-state index contributed by atoms with van der Waals surface area (Å²) in [7, 11) is 1.93. The number of rotatable bonds is 35. The minimum atomic E-state index is -0.0784. The largest absolute Gasteiger partial charge is 0.368 e. The molecule has 0 aliphatic carbocycles. The molecular formula is C41H76N2O2. The molecule has 0 bridgehead atoms. The molecule has 0 rings (SSSR count). The van der Waals surface area contributed by atoms with E-state index in [1.807, 2.05) is 12.1 Å². The Hall–Kier alpha value is -1.65. The molecule has 0 aromatic heterocycles. The first-order chi connectivity index (χ1) is 22.2. The molecule has 0 amide bonds. The number of allylic oxidation sites excluding steroid dienone is 8. The van der Waals surface area contributed by atoms with Crippen LogP contribution in [0.2, 0.25) is 0 Å². The van der Waals surface area contributed by atoms with E-state index in [1.165, 1.54) is 128 Å². The number of hydroxylamine groups is 2. The van der Waals surface area contributed by atoms with Gasteiger partial charge in [-0.25, -0.2) is 0 Å². The highest BCUT2D eigenvalue weighted by Crippen LogP contribution is 2.12. The summed E-state index contributed by atoms with van der Waals surface area (Å²) in [5.74, 6) is -0.0784. The third-order valence-corrected chi connectivity index (χ3v) is 8.25. The fourth-order valence-electron chi connectivity index (χ4n) is 5.35. The highest BCUT2D eigenvalue weighted by molar-refractivity contribution is 5.68. The SMILES string of the molecule is CCCCC/C=C\C/C=C\CCCCCCCCN(CCCCCCCC/C=C\C/C=C\CCCCC)OC(=O)CCCNC. The average Bonchev–Trinajstić information content (AvgIpc) is 3.04. The van der Waals surface area contributed by atoms with Crippen LogP contribution in [0, 0.1) is 0 Å². The van der Waals surface area contributed by atoms with Crippen LogP contribution >= 0.6 is 0 Å². The van der Waals surface area contributed by atoms with Crippen LogP contribution in [0.15, 0.2) is 48.6 Å². The molecule has 45 heavy (non-hydrogen) atoms. The van der Waals surface area contributed by atoms with Gasteiger partial charge in [-0.05, 0) is 97.1 Å². The Kier molecular flexibility index (Phi) is 37.1. The number of hydrogen-bond donors (Lipinski definition) is 1. The summed E-state index contributed by atoms with van der Waals surface area (Å²) in [6, 6.07) is 0. The van der Waals surface area contributed by atoms with Gasteiger partial charge in [0.15, 0.2) is 0 Å². The first-order valence-corrected chi connectivity index (χ1v) is 19.4.